The summed E-state index contributed by atoms with van der Waals surface area (Å²) < 4.78 is 25.1. The summed E-state index contributed by atoms with van der Waals surface area (Å²) in [6.07, 6.45) is 5.01. The lowest BCUT2D eigenvalue weighted by Crippen LogP contribution is -2.25. The van der Waals surface area contributed by atoms with E-state index in [1.807, 2.05) is 12.1 Å². The molecular weight excluding hydrogens is 376 g/mol. The first-order valence-corrected chi connectivity index (χ1v) is 9.49. The van der Waals surface area contributed by atoms with Crippen molar-refractivity contribution in [2.24, 2.45) is 0 Å². The molecule has 0 amide bonds. The van der Waals surface area contributed by atoms with Crippen molar-refractivity contribution in [1.29, 1.82) is 0 Å². The highest BCUT2D eigenvalue weighted by molar-refractivity contribution is 6.32. The van der Waals surface area contributed by atoms with Gasteiger partial charge in [0.05, 0.1) is 17.2 Å². The molecule has 1 aliphatic carbocycles. The van der Waals surface area contributed by atoms with Crippen LogP contribution in [0.5, 0.6) is 11.5 Å². The summed E-state index contributed by atoms with van der Waals surface area (Å²) in [6, 6.07) is 8.84. The van der Waals surface area contributed by atoms with E-state index in [0.717, 1.165) is 12.1 Å². The van der Waals surface area contributed by atoms with Crippen LogP contribution in [0.25, 0.3) is 0 Å². The zero-order valence-corrected chi connectivity index (χ0v) is 16.2. The smallest absolute Gasteiger partial charge is 0.180 e. The molecule has 0 atom stereocenters. The van der Waals surface area contributed by atoms with Crippen molar-refractivity contribution < 1.29 is 13.9 Å². The minimum absolute atomic E-state index is 0.0265. The van der Waals surface area contributed by atoms with Crippen LogP contribution in [-0.4, -0.2) is 13.2 Å². The molecule has 0 heterocycles. The molecule has 1 fully saturated rings. The SMILES string of the molecule is COc1cc(CNC2CCCC2)cc(Cl)c1OCc1c(F)cccc1Cl. The fraction of sp³-hybridized carbons (Fsp3) is 0.400. The molecule has 0 radical (unpaired) electrons. The molecule has 3 rings (SSSR count). The van der Waals surface area contributed by atoms with Crippen molar-refractivity contribution >= 4 is 23.2 Å². The van der Waals surface area contributed by atoms with E-state index in [2.05, 4.69) is 5.32 Å². The van der Waals surface area contributed by atoms with Gasteiger partial charge in [-0.15, -0.1) is 0 Å². The van der Waals surface area contributed by atoms with Crippen LogP contribution in [0.3, 0.4) is 0 Å². The summed E-state index contributed by atoms with van der Waals surface area (Å²) in [5.74, 6) is 0.497. The maximum atomic E-state index is 13.9. The molecule has 2 aromatic carbocycles. The third-order valence-electron chi connectivity index (χ3n) is 4.66. The van der Waals surface area contributed by atoms with E-state index < -0.39 is 5.82 Å². The van der Waals surface area contributed by atoms with Gasteiger partial charge in [0, 0.05) is 18.2 Å². The molecule has 0 unspecified atom stereocenters. The first-order chi connectivity index (χ1) is 12.6. The minimum Gasteiger partial charge on any atom is -0.493 e. The van der Waals surface area contributed by atoms with Gasteiger partial charge in [0.25, 0.3) is 0 Å². The van der Waals surface area contributed by atoms with E-state index in [1.54, 1.807) is 19.2 Å². The van der Waals surface area contributed by atoms with Crippen LogP contribution in [0.2, 0.25) is 10.0 Å². The van der Waals surface area contributed by atoms with Crippen LogP contribution in [0.4, 0.5) is 4.39 Å². The van der Waals surface area contributed by atoms with E-state index in [1.165, 1.54) is 31.7 Å². The highest BCUT2D eigenvalue weighted by atomic mass is 35.5. The second kappa shape index (κ2) is 8.94. The van der Waals surface area contributed by atoms with Crippen molar-refractivity contribution in [2.75, 3.05) is 7.11 Å². The number of ether oxygens (including phenoxy) is 2. The fourth-order valence-electron chi connectivity index (χ4n) is 3.22. The molecule has 26 heavy (non-hydrogen) atoms. The normalized spacial score (nSPS) is 14.6. The summed E-state index contributed by atoms with van der Waals surface area (Å²) in [6.45, 7) is 0.696. The average molecular weight is 398 g/mol. The van der Waals surface area contributed by atoms with Crippen LogP contribution < -0.4 is 14.8 Å². The third kappa shape index (κ3) is 4.61. The Kier molecular flexibility index (Phi) is 6.63. The summed E-state index contributed by atoms with van der Waals surface area (Å²) in [5.41, 5.74) is 1.31. The Morgan fingerprint density at radius 2 is 1.92 bits per heavy atom. The molecule has 3 nitrogen and oxygen atoms in total. The molecular formula is C20H22Cl2FNO2. The lowest BCUT2D eigenvalue weighted by molar-refractivity contribution is 0.280. The van der Waals surface area contributed by atoms with Gasteiger partial charge in [0.2, 0.25) is 0 Å². The van der Waals surface area contributed by atoms with Gasteiger partial charge in [0.15, 0.2) is 11.5 Å². The van der Waals surface area contributed by atoms with Gasteiger partial charge in [-0.2, -0.15) is 0 Å². The maximum Gasteiger partial charge on any atom is 0.180 e. The van der Waals surface area contributed by atoms with Crippen molar-refractivity contribution in [2.45, 2.75) is 44.9 Å². The number of benzene rings is 2. The second-order valence-electron chi connectivity index (χ2n) is 6.46. The van der Waals surface area contributed by atoms with Crippen LogP contribution in [0, 0.1) is 5.82 Å². The molecule has 1 saturated carbocycles. The summed E-state index contributed by atoms with van der Waals surface area (Å²) in [5, 5.41) is 4.29. The number of nitrogens with one attached hydrogen (secondary N) is 1. The molecule has 140 valence electrons. The topological polar surface area (TPSA) is 30.5 Å². The van der Waals surface area contributed by atoms with Crippen LogP contribution in [-0.2, 0) is 13.2 Å². The number of methoxy groups -OCH3 is 1. The highest BCUT2D eigenvalue weighted by Crippen LogP contribution is 2.37. The predicted molar refractivity (Wildman–Crippen MR) is 103 cm³/mol. The lowest BCUT2D eigenvalue weighted by Gasteiger charge is -2.16. The Hall–Kier alpha value is -1.49. The van der Waals surface area contributed by atoms with E-state index in [0.29, 0.717) is 33.1 Å². The molecule has 0 aromatic heterocycles. The van der Waals surface area contributed by atoms with Gasteiger partial charge < -0.3 is 14.8 Å². The Morgan fingerprint density at radius 1 is 1.15 bits per heavy atom. The Bertz CT molecular complexity index is 743. The van der Waals surface area contributed by atoms with Crippen molar-refractivity contribution in [3.05, 3.63) is 57.3 Å². The zero-order valence-electron chi connectivity index (χ0n) is 14.7. The molecule has 1 aliphatic rings. The average Bonchev–Trinajstić information content (AvgIpc) is 3.14. The van der Waals surface area contributed by atoms with Crippen molar-refractivity contribution in [3.8, 4) is 11.5 Å². The largest absolute Gasteiger partial charge is 0.493 e. The molecule has 6 heteroatoms. The standard InChI is InChI=1S/C20H22Cl2FNO2/c1-25-19-10-13(11-24-14-5-2-3-6-14)9-17(22)20(19)26-12-15-16(21)7-4-8-18(15)23/h4,7-10,14,24H,2-3,5-6,11-12H2,1H3. The fourth-order valence-corrected chi connectivity index (χ4v) is 3.73. The Morgan fingerprint density at radius 3 is 2.62 bits per heavy atom. The number of rotatable bonds is 7. The van der Waals surface area contributed by atoms with Gasteiger partial charge in [-0.3, -0.25) is 0 Å². The van der Waals surface area contributed by atoms with Gasteiger partial charge >= 0.3 is 0 Å². The van der Waals surface area contributed by atoms with Crippen molar-refractivity contribution in [3.63, 3.8) is 0 Å². The quantitative estimate of drug-likeness (QED) is 0.644. The van der Waals surface area contributed by atoms with Gasteiger partial charge in [0.1, 0.15) is 12.4 Å². The number of halogens is 3. The molecule has 2 aromatic rings. The molecule has 0 aliphatic heterocycles. The van der Waals surface area contributed by atoms with Crippen molar-refractivity contribution in [1.82, 2.24) is 5.32 Å². The molecule has 1 N–H and O–H groups in total. The first kappa shape index (κ1) is 19.3. The third-order valence-corrected chi connectivity index (χ3v) is 5.30. The van der Waals surface area contributed by atoms with E-state index >= 15 is 0 Å². The molecule has 0 bridgehead atoms. The Balaban J connectivity index is 1.72. The number of hydrogen-bond acceptors (Lipinski definition) is 3. The summed E-state index contributed by atoms with van der Waals surface area (Å²) in [7, 11) is 1.56. The monoisotopic (exact) mass is 397 g/mol. The van der Waals surface area contributed by atoms with Crippen LogP contribution in [0.1, 0.15) is 36.8 Å². The van der Waals surface area contributed by atoms with Gasteiger partial charge in [-0.05, 0) is 42.7 Å². The number of hydrogen-bond donors (Lipinski definition) is 1. The highest BCUT2D eigenvalue weighted by Gasteiger charge is 2.17. The van der Waals surface area contributed by atoms with E-state index in [9.17, 15) is 4.39 Å². The predicted octanol–water partition coefficient (Wildman–Crippen LogP) is 5.75. The minimum atomic E-state index is -0.412. The molecule has 0 spiro atoms. The van der Waals surface area contributed by atoms with Gasteiger partial charge in [-0.25, -0.2) is 4.39 Å². The second-order valence-corrected chi connectivity index (χ2v) is 7.27. The lowest BCUT2D eigenvalue weighted by atomic mass is 10.1. The van der Waals surface area contributed by atoms with Crippen LogP contribution in [0.15, 0.2) is 30.3 Å². The van der Waals surface area contributed by atoms with E-state index in [-0.39, 0.29) is 6.61 Å². The summed E-state index contributed by atoms with van der Waals surface area (Å²) >= 11 is 12.4. The zero-order chi connectivity index (χ0) is 18.5. The maximum absolute atomic E-state index is 13.9. The Labute approximate surface area is 163 Å². The first-order valence-electron chi connectivity index (χ1n) is 8.74. The van der Waals surface area contributed by atoms with Gasteiger partial charge in [-0.1, -0.05) is 42.1 Å². The molecule has 0 saturated heterocycles. The van der Waals surface area contributed by atoms with E-state index in [4.69, 9.17) is 32.7 Å². The summed E-state index contributed by atoms with van der Waals surface area (Å²) in [4.78, 5) is 0. The van der Waals surface area contributed by atoms with Crippen LogP contribution >= 0.6 is 23.2 Å².